The fraction of sp³-hybridized carbons (Fsp3) is 0.143. The summed E-state index contributed by atoms with van der Waals surface area (Å²) in [5, 5.41) is 2.17. The first-order valence-corrected chi connectivity index (χ1v) is 20.4. The van der Waals surface area contributed by atoms with Crippen LogP contribution in [0.4, 0.5) is 0 Å². The third-order valence-corrected chi connectivity index (χ3v) is 18.4. The first-order valence-electron chi connectivity index (χ1n) is 11.8. The number of benzene rings is 4. The molecular weight excluding hydrogens is 591 g/mol. The average Bonchev–Trinajstić information content (AvgIpc) is 2.97. The van der Waals surface area contributed by atoms with Crippen molar-refractivity contribution in [1.29, 1.82) is 0 Å². The second kappa shape index (κ2) is 12.1. The Balaban J connectivity index is 0.000000155. The summed E-state index contributed by atoms with van der Waals surface area (Å²) < 4.78 is 22.6. The van der Waals surface area contributed by atoms with Crippen LogP contribution in [0.2, 0.25) is 0 Å². The highest BCUT2D eigenvalue weighted by Gasteiger charge is 2.30. The summed E-state index contributed by atoms with van der Waals surface area (Å²) in [5.74, 6) is 5.38. The van der Waals surface area contributed by atoms with E-state index in [1.54, 1.807) is 37.0 Å². The molecule has 0 spiro atoms. The van der Waals surface area contributed by atoms with Crippen LogP contribution in [0.5, 0.6) is 23.0 Å². The Labute approximate surface area is 242 Å². The Kier molecular flexibility index (Phi) is 8.79. The predicted octanol–water partition coefficient (Wildman–Crippen LogP) is 7.91. The Morgan fingerprint density at radius 3 is 1.32 bits per heavy atom. The molecule has 2 heterocycles. The molecular formula is C28H26O4P2S4. The molecule has 0 aliphatic carbocycles. The highest BCUT2D eigenvalue weighted by molar-refractivity contribution is 8.71. The smallest absolute Gasteiger partial charge is 0.196 e. The molecule has 38 heavy (non-hydrogen) atoms. The van der Waals surface area contributed by atoms with Gasteiger partial charge in [0.05, 0.1) is 14.2 Å². The summed E-state index contributed by atoms with van der Waals surface area (Å²) in [4.78, 5) is 0. The molecule has 4 aromatic rings. The van der Waals surface area contributed by atoms with Gasteiger partial charge in [0, 0.05) is 33.2 Å². The number of hydrogen-bond donors (Lipinski definition) is 0. The first-order chi connectivity index (χ1) is 18.4. The maximum atomic E-state index is 6.13. The Hall–Kier alpha value is -1.92. The molecule has 2 aliphatic rings. The van der Waals surface area contributed by atoms with Crippen molar-refractivity contribution in [3.8, 4) is 23.0 Å². The van der Waals surface area contributed by atoms with Crippen molar-refractivity contribution in [2.24, 2.45) is 0 Å². The van der Waals surface area contributed by atoms with Crippen molar-refractivity contribution in [3.05, 3.63) is 108 Å². The van der Waals surface area contributed by atoms with E-state index in [1.165, 1.54) is 11.1 Å². The second-order valence-corrected chi connectivity index (χ2v) is 21.9. The van der Waals surface area contributed by atoms with E-state index in [-0.39, 0.29) is 0 Å². The molecule has 0 radical (unpaired) electrons. The molecule has 4 aromatic carbocycles. The quantitative estimate of drug-likeness (QED) is 0.214. The number of ether oxygens (including phenoxy) is 2. The summed E-state index contributed by atoms with van der Waals surface area (Å²) in [5.41, 5.74) is -1.62. The molecule has 2 atom stereocenters. The van der Waals surface area contributed by atoms with Gasteiger partial charge in [0.1, 0.15) is 23.0 Å². The molecule has 0 N–H and O–H groups in total. The molecule has 0 fully saturated rings. The largest absolute Gasteiger partial charge is 0.497 e. The SMILES string of the molecule is COc1ccc([P@]2(=S)Oc3ccccc3CS2)cc1.COc1ccc([P@]2(=S)Oc3ccccc3CS2)cc1. The van der Waals surface area contributed by atoms with Gasteiger partial charge in [0.2, 0.25) is 0 Å². The lowest BCUT2D eigenvalue weighted by Crippen LogP contribution is -2.10. The van der Waals surface area contributed by atoms with Crippen LogP contribution in [-0.4, -0.2) is 14.2 Å². The zero-order chi connectivity index (χ0) is 26.6. The maximum absolute atomic E-state index is 6.13. The highest BCUT2D eigenvalue weighted by atomic mass is 32.9. The average molecular weight is 617 g/mol. The second-order valence-electron chi connectivity index (χ2n) is 8.34. The van der Waals surface area contributed by atoms with Gasteiger partial charge in [0.25, 0.3) is 0 Å². The van der Waals surface area contributed by atoms with E-state index in [1.807, 2.05) is 84.9 Å². The van der Waals surface area contributed by atoms with E-state index in [0.29, 0.717) is 0 Å². The van der Waals surface area contributed by atoms with E-state index in [4.69, 9.17) is 42.1 Å². The van der Waals surface area contributed by atoms with Crippen LogP contribution in [0.1, 0.15) is 11.1 Å². The van der Waals surface area contributed by atoms with Crippen molar-refractivity contribution in [3.63, 3.8) is 0 Å². The van der Waals surface area contributed by atoms with Gasteiger partial charge in [-0.1, -0.05) is 59.2 Å². The maximum Gasteiger partial charge on any atom is 0.196 e. The van der Waals surface area contributed by atoms with E-state index in [9.17, 15) is 0 Å². The van der Waals surface area contributed by atoms with Crippen LogP contribution in [0.25, 0.3) is 0 Å². The standard InChI is InChI=1S/2C14H13O2PS2/c2*1-15-12-6-8-13(9-7-12)17(18)16-14-5-3-2-4-11(14)10-19-17/h2*2-9H,10H2,1H3/t2*17-/m11/s1. The summed E-state index contributed by atoms with van der Waals surface area (Å²) >= 11 is 15.0. The van der Waals surface area contributed by atoms with E-state index in [2.05, 4.69) is 12.1 Å². The number of methoxy groups -OCH3 is 2. The Morgan fingerprint density at radius 2 is 0.947 bits per heavy atom. The highest BCUT2D eigenvalue weighted by Crippen LogP contribution is 2.64. The molecule has 4 nitrogen and oxygen atoms in total. The van der Waals surface area contributed by atoms with E-state index in [0.717, 1.165) is 45.1 Å². The Morgan fingerprint density at radius 1 is 0.579 bits per heavy atom. The van der Waals surface area contributed by atoms with Crippen LogP contribution < -0.4 is 29.1 Å². The lowest BCUT2D eigenvalue weighted by molar-refractivity contribution is 0.415. The number of para-hydroxylation sites is 2. The molecule has 0 aromatic heterocycles. The molecule has 0 saturated carbocycles. The van der Waals surface area contributed by atoms with Crippen LogP contribution in [0.15, 0.2) is 97.1 Å². The monoisotopic (exact) mass is 616 g/mol. The third-order valence-electron chi connectivity index (χ3n) is 5.94. The van der Waals surface area contributed by atoms with Gasteiger partial charge in [0.15, 0.2) is 10.9 Å². The van der Waals surface area contributed by atoms with Gasteiger partial charge in [-0.2, -0.15) is 0 Å². The van der Waals surface area contributed by atoms with E-state index < -0.39 is 10.9 Å². The molecule has 2 aliphatic heterocycles. The zero-order valence-electron chi connectivity index (χ0n) is 20.8. The van der Waals surface area contributed by atoms with Crippen molar-refractivity contribution in [2.45, 2.75) is 11.5 Å². The van der Waals surface area contributed by atoms with Gasteiger partial charge < -0.3 is 18.5 Å². The molecule has 0 unspecified atom stereocenters. The van der Waals surface area contributed by atoms with Crippen molar-refractivity contribution >= 4 is 67.9 Å². The van der Waals surface area contributed by atoms with Gasteiger partial charge in [-0.05, 0) is 84.3 Å². The van der Waals surface area contributed by atoms with Crippen molar-refractivity contribution in [1.82, 2.24) is 0 Å². The molecule has 10 heteroatoms. The topological polar surface area (TPSA) is 36.9 Å². The van der Waals surface area contributed by atoms with Gasteiger partial charge >= 0.3 is 0 Å². The lowest BCUT2D eigenvalue weighted by Gasteiger charge is -2.28. The van der Waals surface area contributed by atoms with Gasteiger partial charge in [-0.25, -0.2) is 0 Å². The first kappa shape index (κ1) is 27.6. The fourth-order valence-corrected chi connectivity index (χ4v) is 13.9. The fourth-order valence-electron chi connectivity index (χ4n) is 3.83. The molecule has 0 amide bonds. The third kappa shape index (κ3) is 6.12. The van der Waals surface area contributed by atoms with Crippen LogP contribution >= 0.6 is 33.7 Å². The number of fused-ring (bicyclic) bond motifs is 2. The molecule has 6 rings (SSSR count). The van der Waals surface area contributed by atoms with E-state index >= 15 is 0 Å². The minimum Gasteiger partial charge on any atom is -0.497 e. The minimum atomic E-state index is -2.03. The zero-order valence-corrected chi connectivity index (χ0v) is 25.9. The predicted molar refractivity (Wildman–Crippen MR) is 171 cm³/mol. The van der Waals surface area contributed by atoms with Crippen molar-refractivity contribution < 1.29 is 18.5 Å². The Bertz CT molecular complexity index is 1400. The number of rotatable bonds is 4. The minimum absolute atomic E-state index is 0.841. The number of hydrogen-bond acceptors (Lipinski definition) is 8. The molecule has 0 saturated heterocycles. The van der Waals surface area contributed by atoms with Gasteiger partial charge in [-0.15, -0.1) is 0 Å². The van der Waals surface area contributed by atoms with Gasteiger partial charge in [-0.3, -0.25) is 0 Å². The molecule has 196 valence electrons. The lowest BCUT2D eigenvalue weighted by atomic mass is 10.2. The normalized spacial score (nSPS) is 21.3. The summed E-state index contributed by atoms with van der Waals surface area (Å²) in [6.07, 6.45) is 0. The van der Waals surface area contributed by atoms with Crippen LogP contribution in [-0.2, 0) is 35.1 Å². The molecule has 0 bridgehead atoms. The van der Waals surface area contributed by atoms with Crippen LogP contribution in [0, 0.1) is 0 Å². The van der Waals surface area contributed by atoms with Crippen molar-refractivity contribution in [2.75, 3.05) is 14.2 Å². The summed E-state index contributed by atoms with van der Waals surface area (Å²) in [6, 6.07) is 32.0. The summed E-state index contributed by atoms with van der Waals surface area (Å²) in [7, 11) is 3.32. The summed E-state index contributed by atoms with van der Waals surface area (Å²) in [6.45, 7) is 0. The van der Waals surface area contributed by atoms with Crippen LogP contribution in [0.3, 0.4) is 0 Å².